The predicted molar refractivity (Wildman–Crippen MR) is 116 cm³/mol. The van der Waals surface area contributed by atoms with Crippen LogP contribution in [0.4, 0.5) is 5.69 Å². The van der Waals surface area contributed by atoms with Gasteiger partial charge in [-0.3, -0.25) is 14.0 Å². The molecule has 30 heavy (non-hydrogen) atoms. The zero-order valence-electron chi connectivity index (χ0n) is 16.8. The number of hydrogen-bond acceptors (Lipinski definition) is 4. The number of pyridine rings is 1. The van der Waals surface area contributed by atoms with E-state index >= 15 is 0 Å². The summed E-state index contributed by atoms with van der Waals surface area (Å²) < 4.78 is 7.33. The van der Waals surface area contributed by atoms with Crippen LogP contribution in [0.15, 0.2) is 77.7 Å². The molecule has 0 spiro atoms. The Balaban J connectivity index is 1.48. The van der Waals surface area contributed by atoms with Gasteiger partial charge in [-0.05, 0) is 49.7 Å². The summed E-state index contributed by atoms with van der Waals surface area (Å²) in [7, 11) is 0. The SMILES string of the molecule is Cc1ccc(C(=O)Nc2cccc(OCc3cc(=O)n4cccc(C)c4n3)c2)cc1. The largest absolute Gasteiger partial charge is 0.487 e. The van der Waals surface area contributed by atoms with Crippen LogP contribution >= 0.6 is 0 Å². The van der Waals surface area contributed by atoms with Crippen LogP contribution in [0, 0.1) is 13.8 Å². The van der Waals surface area contributed by atoms with E-state index in [1.807, 2.05) is 38.1 Å². The van der Waals surface area contributed by atoms with Gasteiger partial charge in [0.25, 0.3) is 11.5 Å². The van der Waals surface area contributed by atoms with Gasteiger partial charge in [-0.2, -0.15) is 0 Å². The number of aryl methyl sites for hydroxylation is 2. The molecule has 2 aromatic carbocycles. The second-order valence-electron chi connectivity index (χ2n) is 7.11. The highest BCUT2D eigenvalue weighted by Crippen LogP contribution is 2.19. The molecule has 0 aliphatic rings. The number of aromatic nitrogens is 2. The molecule has 0 radical (unpaired) electrons. The van der Waals surface area contributed by atoms with Gasteiger partial charge in [0.2, 0.25) is 0 Å². The monoisotopic (exact) mass is 399 g/mol. The Hall–Kier alpha value is -3.93. The zero-order chi connectivity index (χ0) is 21.1. The lowest BCUT2D eigenvalue weighted by molar-refractivity contribution is 0.102. The lowest BCUT2D eigenvalue weighted by atomic mass is 10.1. The lowest BCUT2D eigenvalue weighted by Gasteiger charge is -2.10. The van der Waals surface area contributed by atoms with Gasteiger partial charge in [-0.15, -0.1) is 0 Å². The number of rotatable bonds is 5. The van der Waals surface area contributed by atoms with E-state index in [4.69, 9.17) is 4.74 Å². The van der Waals surface area contributed by atoms with Crippen LogP contribution in [0.1, 0.15) is 27.2 Å². The molecule has 0 atom stereocenters. The molecule has 2 aromatic heterocycles. The molecular weight excluding hydrogens is 378 g/mol. The molecule has 1 amide bonds. The number of carbonyl (C=O) groups is 1. The fraction of sp³-hybridized carbons (Fsp3) is 0.125. The molecule has 1 N–H and O–H groups in total. The zero-order valence-corrected chi connectivity index (χ0v) is 16.8. The van der Waals surface area contributed by atoms with Gasteiger partial charge in [-0.25, -0.2) is 4.98 Å². The van der Waals surface area contributed by atoms with Crippen molar-refractivity contribution in [2.75, 3.05) is 5.32 Å². The minimum Gasteiger partial charge on any atom is -0.487 e. The third-order valence-corrected chi connectivity index (χ3v) is 4.73. The van der Waals surface area contributed by atoms with Crippen molar-refractivity contribution >= 4 is 17.2 Å². The highest BCUT2D eigenvalue weighted by atomic mass is 16.5. The van der Waals surface area contributed by atoms with Crippen molar-refractivity contribution in [3.05, 3.63) is 106 Å². The van der Waals surface area contributed by atoms with Crippen LogP contribution in [0.3, 0.4) is 0 Å². The smallest absolute Gasteiger partial charge is 0.258 e. The summed E-state index contributed by atoms with van der Waals surface area (Å²) in [6, 6.07) is 19.7. The standard InChI is InChI=1S/C24H21N3O3/c1-16-8-10-18(11-9-16)24(29)26-19-6-3-7-21(13-19)30-15-20-14-22(28)27-12-4-5-17(2)23(27)25-20/h3-14H,15H2,1-2H3,(H,26,29). The number of carbonyl (C=O) groups excluding carboxylic acids is 1. The molecule has 0 unspecified atom stereocenters. The van der Waals surface area contributed by atoms with Crippen molar-refractivity contribution in [3.63, 3.8) is 0 Å². The fourth-order valence-corrected chi connectivity index (χ4v) is 3.11. The van der Waals surface area contributed by atoms with E-state index in [0.717, 1.165) is 11.1 Å². The van der Waals surface area contributed by atoms with Crippen LogP contribution in [0.5, 0.6) is 5.75 Å². The van der Waals surface area contributed by atoms with Crippen LogP contribution in [0.2, 0.25) is 0 Å². The fourth-order valence-electron chi connectivity index (χ4n) is 3.11. The third kappa shape index (κ3) is 4.22. The molecule has 0 saturated heterocycles. The molecule has 150 valence electrons. The molecule has 6 heteroatoms. The van der Waals surface area contributed by atoms with Gasteiger partial charge >= 0.3 is 0 Å². The van der Waals surface area contributed by atoms with Crippen molar-refractivity contribution in [1.29, 1.82) is 0 Å². The van der Waals surface area contributed by atoms with Crippen LogP contribution in [0.25, 0.3) is 5.65 Å². The van der Waals surface area contributed by atoms with E-state index in [9.17, 15) is 9.59 Å². The van der Waals surface area contributed by atoms with Crippen molar-refractivity contribution < 1.29 is 9.53 Å². The first-order valence-electron chi connectivity index (χ1n) is 9.58. The van der Waals surface area contributed by atoms with E-state index in [1.54, 1.807) is 42.6 Å². The summed E-state index contributed by atoms with van der Waals surface area (Å²) in [5, 5.41) is 2.87. The van der Waals surface area contributed by atoms with Crippen LogP contribution < -0.4 is 15.6 Å². The van der Waals surface area contributed by atoms with E-state index < -0.39 is 0 Å². The average molecular weight is 399 g/mol. The highest BCUT2D eigenvalue weighted by molar-refractivity contribution is 6.04. The number of nitrogens with one attached hydrogen (secondary N) is 1. The van der Waals surface area contributed by atoms with Crippen LogP contribution in [-0.4, -0.2) is 15.3 Å². The summed E-state index contributed by atoms with van der Waals surface area (Å²) in [5.74, 6) is 0.385. The van der Waals surface area contributed by atoms with E-state index in [-0.39, 0.29) is 18.1 Å². The Kier molecular flexibility index (Phi) is 5.30. The number of nitrogens with zero attached hydrogens (tertiary/aromatic N) is 2. The van der Waals surface area contributed by atoms with E-state index in [2.05, 4.69) is 10.3 Å². The minimum absolute atomic E-state index is 0.148. The summed E-state index contributed by atoms with van der Waals surface area (Å²) in [6.45, 7) is 4.03. The average Bonchev–Trinajstić information content (AvgIpc) is 2.74. The first-order chi connectivity index (χ1) is 14.5. The van der Waals surface area contributed by atoms with E-state index in [0.29, 0.717) is 28.3 Å². The molecular formula is C24H21N3O3. The van der Waals surface area contributed by atoms with E-state index in [1.165, 1.54) is 10.5 Å². The Morgan fingerprint density at radius 3 is 2.63 bits per heavy atom. The van der Waals surface area contributed by atoms with Gasteiger partial charge < -0.3 is 10.1 Å². The van der Waals surface area contributed by atoms with Crippen molar-refractivity contribution in [1.82, 2.24) is 9.38 Å². The maximum atomic E-state index is 12.4. The second-order valence-corrected chi connectivity index (χ2v) is 7.11. The molecule has 6 nitrogen and oxygen atoms in total. The Morgan fingerprint density at radius 1 is 1.03 bits per heavy atom. The van der Waals surface area contributed by atoms with Crippen molar-refractivity contribution in [2.24, 2.45) is 0 Å². The number of amides is 1. The number of ether oxygens (including phenoxy) is 1. The van der Waals surface area contributed by atoms with Crippen LogP contribution in [-0.2, 0) is 6.61 Å². The summed E-state index contributed by atoms with van der Waals surface area (Å²) in [5.41, 5.74) is 4.23. The Bertz CT molecular complexity index is 1280. The number of anilines is 1. The van der Waals surface area contributed by atoms with Gasteiger partial charge in [0.05, 0.1) is 5.69 Å². The molecule has 0 saturated carbocycles. The van der Waals surface area contributed by atoms with Gasteiger partial charge in [-0.1, -0.05) is 29.8 Å². The second kappa shape index (κ2) is 8.21. The van der Waals surface area contributed by atoms with Crippen molar-refractivity contribution in [2.45, 2.75) is 20.5 Å². The molecule has 0 aliphatic heterocycles. The summed E-state index contributed by atoms with van der Waals surface area (Å²) in [4.78, 5) is 29.3. The molecule has 0 fully saturated rings. The van der Waals surface area contributed by atoms with Gasteiger partial charge in [0.15, 0.2) is 0 Å². The Morgan fingerprint density at radius 2 is 1.83 bits per heavy atom. The topological polar surface area (TPSA) is 72.7 Å². The third-order valence-electron chi connectivity index (χ3n) is 4.73. The summed E-state index contributed by atoms with van der Waals surface area (Å²) >= 11 is 0. The molecule has 0 aliphatic carbocycles. The quantitative estimate of drug-likeness (QED) is 0.547. The normalized spacial score (nSPS) is 10.7. The number of hydrogen-bond donors (Lipinski definition) is 1. The Labute approximate surface area is 173 Å². The summed E-state index contributed by atoms with van der Waals surface area (Å²) in [6.07, 6.45) is 1.70. The molecule has 4 rings (SSSR count). The lowest BCUT2D eigenvalue weighted by Crippen LogP contribution is -2.17. The maximum Gasteiger partial charge on any atom is 0.258 e. The highest BCUT2D eigenvalue weighted by Gasteiger charge is 2.08. The first kappa shape index (κ1) is 19.4. The minimum atomic E-state index is -0.188. The number of fused-ring (bicyclic) bond motifs is 1. The maximum absolute atomic E-state index is 12.4. The molecule has 4 aromatic rings. The molecule has 2 heterocycles. The molecule has 0 bridgehead atoms. The predicted octanol–water partition coefficient (Wildman–Crippen LogP) is 4.14. The van der Waals surface area contributed by atoms with Crippen molar-refractivity contribution in [3.8, 4) is 5.75 Å². The van der Waals surface area contributed by atoms with Gasteiger partial charge in [0, 0.05) is 29.6 Å². The van der Waals surface area contributed by atoms with Gasteiger partial charge in [0.1, 0.15) is 18.0 Å². The number of benzene rings is 2. The first-order valence-corrected chi connectivity index (χ1v) is 9.58.